The largest absolute Gasteiger partial charge is 0.353 e. The maximum absolute atomic E-state index is 13.0. The highest BCUT2D eigenvalue weighted by atomic mass is 16.2. The molecule has 3 amide bonds. The fourth-order valence-electron chi connectivity index (χ4n) is 4.25. The minimum absolute atomic E-state index is 0.00276. The number of benzene rings is 2. The van der Waals surface area contributed by atoms with Crippen molar-refractivity contribution in [2.75, 3.05) is 0 Å². The molecule has 0 bridgehead atoms. The lowest BCUT2D eigenvalue weighted by Crippen LogP contribution is -2.52. The predicted octanol–water partition coefficient (Wildman–Crippen LogP) is 4.39. The summed E-state index contributed by atoms with van der Waals surface area (Å²) >= 11 is 0. The minimum atomic E-state index is -0.686. The summed E-state index contributed by atoms with van der Waals surface area (Å²) in [5.74, 6) is -1.34. The Labute approximate surface area is 220 Å². The van der Waals surface area contributed by atoms with Gasteiger partial charge in [-0.25, -0.2) is 0 Å². The standard InChI is InChI=1S/C30H41N3O4/c1-19(2)25(18-26(34)23-13-9-7-10-14-23)29(36)31-21(5)17-22(6)32-30(37)27(20(3)4)33-28(35)24-15-11-8-12-16-24/h7-16,19-22,25,27H,17-18H2,1-6H3,(H,31,36)(H,32,37)(H,33,35). The van der Waals surface area contributed by atoms with Crippen molar-refractivity contribution in [3.63, 3.8) is 0 Å². The Balaban J connectivity index is 1.91. The summed E-state index contributed by atoms with van der Waals surface area (Å²) in [5.41, 5.74) is 1.10. The third-order valence-electron chi connectivity index (χ3n) is 6.40. The zero-order chi connectivity index (χ0) is 27.5. The predicted molar refractivity (Wildman–Crippen MR) is 146 cm³/mol. The van der Waals surface area contributed by atoms with Crippen LogP contribution in [-0.4, -0.2) is 41.6 Å². The number of Topliss-reactive ketones (excluding diaryl/α,β-unsaturated/α-hetero) is 1. The Bertz CT molecular complexity index is 954. The monoisotopic (exact) mass is 507 g/mol. The number of hydrogen-bond donors (Lipinski definition) is 3. The molecule has 37 heavy (non-hydrogen) atoms. The molecule has 0 aliphatic carbocycles. The number of carbonyl (C=O) groups is 4. The molecule has 2 aromatic carbocycles. The molecule has 3 N–H and O–H groups in total. The molecule has 4 atom stereocenters. The van der Waals surface area contributed by atoms with Crippen LogP contribution in [0.4, 0.5) is 0 Å². The highest BCUT2D eigenvalue weighted by Crippen LogP contribution is 2.19. The van der Waals surface area contributed by atoms with Crippen LogP contribution in [-0.2, 0) is 9.59 Å². The maximum atomic E-state index is 13.0. The van der Waals surface area contributed by atoms with Crippen molar-refractivity contribution >= 4 is 23.5 Å². The summed E-state index contributed by atoms with van der Waals surface area (Å²) in [5, 5.41) is 8.81. The zero-order valence-electron chi connectivity index (χ0n) is 22.8. The van der Waals surface area contributed by atoms with Crippen LogP contribution in [0.1, 0.15) is 75.1 Å². The molecular weight excluding hydrogens is 466 g/mol. The quantitative estimate of drug-likeness (QED) is 0.350. The van der Waals surface area contributed by atoms with Crippen molar-refractivity contribution in [1.29, 1.82) is 0 Å². The van der Waals surface area contributed by atoms with E-state index in [0.29, 0.717) is 17.5 Å². The average molecular weight is 508 g/mol. The van der Waals surface area contributed by atoms with E-state index < -0.39 is 12.0 Å². The van der Waals surface area contributed by atoms with E-state index in [1.807, 2.05) is 65.8 Å². The molecule has 0 spiro atoms. The first kappa shape index (κ1) is 29.7. The molecule has 7 heteroatoms. The summed E-state index contributed by atoms with van der Waals surface area (Å²) in [7, 11) is 0. The van der Waals surface area contributed by atoms with Gasteiger partial charge in [0.15, 0.2) is 5.78 Å². The fourth-order valence-corrected chi connectivity index (χ4v) is 4.25. The molecule has 0 radical (unpaired) electrons. The molecule has 0 aromatic heterocycles. The first-order chi connectivity index (χ1) is 17.5. The van der Waals surface area contributed by atoms with Crippen molar-refractivity contribution in [1.82, 2.24) is 16.0 Å². The second kappa shape index (κ2) is 14.3. The fraction of sp³-hybridized carbons (Fsp3) is 0.467. The van der Waals surface area contributed by atoms with Crippen LogP contribution < -0.4 is 16.0 Å². The Hall–Kier alpha value is -3.48. The molecule has 0 fully saturated rings. The lowest BCUT2D eigenvalue weighted by Gasteiger charge is -2.27. The smallest absolute Gasteiger partial charge is 0.251 e. The van der Waals surface area contributed by atoms with Crippen molar-refractivity contribution in [2.24, 2.45) is 17.8 Å². The summed E-state index contributed by atoms with van der Waals surface area (Å²) in [6, 6.07) is 16.7. The topological polar surface area (TPSA) is 104 Å². The van der Waals surface area contributed by atoms with Crippen LogP contribution in [0.5, 0.6) is 0 Å². The van der Waals surface area contributed by atoms with Crippen molar-refractivity contribution < 1.29 is 19.2 Å². The minimum Gasteiger partial charge on any atom is -0.353 e. The third-order valence-corrected chi connectivity index (χ3v) is 6.40. The van der Waals surface area contributed by atoms with E-state index in [-0.39, 0.29) is 53.8 Å². The van der Waals surface area contributed by atoms with Gasteiger partial charge in [-0.15, -0.1) is 0 Å². The molecule has 2 rings (SSSR count). The number of amides is 3. The van der Waals surface area contributed by atoms with Crippen LogP contribution >= 0.6 is 0 Å². The van der Waals surface area contributed by atoms with Gasteiger partial charge in [-0.2, -0.15) is 0 Å². The van der Waals surface area contributed by atoms with E-state index in [0.717, 1.165) is 0 Å². The van der Waals surface area contributed by atoms with Gasteiger partial charge in [0.25, 0.3) is 5.91 Å². The van der Waals surface area contributed by atoms with Gasteiger partial charge in [-0.1, -0.05) is 76.2 Å². The van der Waals surface area contributed by atoms with E-state index in [2.05, 4.69) is 16.0 Å². The maximum Gasteiger partial charge on any atom is 0.251 e. The Morgan fingerprint density at radius 1 is 0.622 bits per heavy atom. The van der Waals surface area contributed by atoms with Crippen molar-refractivity contribution in [3.05, 3.63) is 71.8 Å². The van der Waals surface area contributed by atoms with Crippen molar-refractivity contribution in [2.45, 2.75) is 72.5 Å². The highest BCUT2D eigenvalue weighted by Gasteiger charge is 2.28. The molecule has 0 heterocycles. The highest BCUT2D eigenvalue weighted by molar-refractivity contribution is 5.99. The molecule has 2 aromatic rings. The van der Waals surface area contributed by atoms with Crippen LogP contribution in [0.15, 0.2) is 60.7 Å². The zero-order valence-corrected chi connectivity index (χ0v) is 22.8. The number of nitrogens with one attached hydrogen (secondary N) is 3. The summed E-state index contributed by atoms with van der Waals surface area (Å²) in [6.07, 6.45) is 0.649. The van der Waals surface area contributed by atoms with Gasteiger partial charge in [0.05, 0.1) is 0 Å². The lowest BCUT2D eigenvalue weighted by atomic mass is 9.88. The van der Waals surface area contributed by atoms with Crippen LogP contribution in [0.3, 0.4) is 0 Å². The molecule has 7 nitrogen and oxygen atoms in total. The molecule has 0 aliphatic rings. The van der Waals surface area contributed by atoms with E-state index in [9.17, 15) is 19.2 Å². The molecule has 4 unspecified atom stereocenters. The van der Waals surface area contributed by atoms with E-state index in [1.165, 1.54) is 0 Å². The normalized spacial score (nSPS) is 14.4. The van der Waals surface area contributed by atoms with Gasteiger partial charge < -0.3 is 16.0 Å². The molecular formula is C30H41N3O4. The Morgan fingerprint density at radius 3 is 1.59 bits per heavy atom. The summed E-state index contributed by atoms with van der Waals surface area (Å²) in [6.45, 7) is 11.4. The van der Waals surface area contributed by atoms with Gasteiger partial charge in [-0.05, 0) is 44.2 Å². The van der Waals surface area contributed by atoms with Crippen molar-refractivity contribution in [3.8, 4) is 0 Å². The number of ketones is 1. The first-order valence-electron chi connectivity index (χ1n) is 13.0. The Morgan fingerprint density at radius 2 is 1.11 bits per heavy atom. The Kier molecular flexibility index (Phi) is 11.5. The van der Waals surface area contributed by atoms with Gasteiger partial charge >= 0.3 is 0 Å². The average Bonchev–Trinajstić information content (AvgIpc) is 2.85. The van der Waals surface area contributed by atoms with Crippen LogP contribution in [0.2, 0.25) is 0 Å². The van der Waals surface area contributed by atoms with Crippen LogP contribution in [0, 0.1) is 17.8 Å². The third kappa shape index (κ3) is 9.48. The van der Waals surface area contributed by atoms with Gasteiger partial charge in [0, 0.05) is 35.5 Å². The molecule has 0 saturated heterocycles. The first-order valence-corrected chi connectivity index (χ1v) is 13.0. The van der Waals surface area contributed by atoms with E-state index in [4.69, 9.17) is 0 Å². The van der Waals surface area contributed by atoms with Gasteiger partial charge in [-0.3, -0.25) is 19.2 Å². The molecule has 0 aliphatic heterocycles. The summed E-state index contributed by atoms with van der Waals surface area (Å²) in [4.78, 5) is 51.2. The van der Waals surface area contributed by atoms with Gasteiger partial charge in [0.2, 0.25) is 11.8 Å². The number of hydrogen-bond acceptors (Lipinski definition) is 4. The molecule has 200 valence electrons. The molecule has 0 saturated carbocycles. The second-order valence-corrected chi connectivity index (χ2v) is 10.5. The van der Waals surface area contributed by atoms with E-state index >= 15 is 0 Å². The number of rotatable bonds is 13. The SMILES string of the molecule is CC(CC(C)NC(=O)C(NC(=O)c1ccccc1)C(C)C)NC(=O)C(CC(=O)c1ccccc1)C(C)C. The van der Waals surface area contributed by atoms with Crippen LogP contribution in [0.25, 0.3) is 0 Å². The lowest BCUT2D eigenvalue weighted by molar-refractivity contribution is -0.126. The van der Waals surface area contributed by atoms with E-state index in [1.54, 1.807) is 36.4 Å². The summed E-state index contributed by atoms with van der Waals surface area (Å²) < 4.78 is 0. The van der Waals surface area contributed by atoms with Gasteiger partial charge in [0.1, 0.15) is 6.04 Å². The number of carbonyl (C=O) groups excluding carboxylic acids is 4. The second-order valence-electron chi connectivity index (χ2n) is 10.5.